The van der Waals surface area contributed by atoms with Crippen molar-refractivity contribution in [3.63, 3.8) is 0 Å². The summed E-state index contributed by atoms with van der Waals surface area (Å²) >= 11 is 7.93. The third-order valence-corrected chi connectivity index (χ3v) is 8.31. The van der Waals surface area contributed by atoms with Gasteiger partial charge in [0.25, 0.3) is 0 Å². The molecule has 2 aromatic rings. The molecule has 0 radical (unpaired) electrons. The number of nitrogens with zero attached hydrogens (tertiary/aromatic N) is 5. The Morgan fingerprint density at radius 3 is 2.58 bits per heavy atom. The van der Waals surface area contributed by atoms with E-state index < -0.39 is 17.7 Å². The number of carbonyl (C=O) groups excluding carboxylic acids is 2. The van der Waals surface area contributed by atoms with Crippen molar-refractivity contribution >= 4 is 52.0 Å². The molecule has 3 fully saturated rings. The fourth-order valence-corrected chi connectivity index (χ4v) is 6.46. The van der Waals surface area contributed by atoms with Crippen LogP contribution in [-0.2, 0) is 9.53 Å². The van der Waals surface area contributed by atoms with Gasteiger partial charge < -0.3 is 14.5 Å². The topological polar surface area (TPSA) is 69.2 Å². The highest BCUT2D eigenvalue weighted by atomic mass is 35.5. The molecule has 8 nitrogen and oxygen atoms in total. The summed E-state index contributed by atoms with van der Waals surface area (Å²) in [7, 11) is 0. The summed E-state index contributed by atoms with van der Waals surface area (Å²) in [6.45, 7) is 10.3. The molecule has 3 aliphatic heterocycles. The van der Waals surface area contributed by atoms with E-state index in [1.54, 1.807) is 16.7 Å². The molecule has 5 rings (SSSR count). The number of amides is 2. The highest BCUT2D eigenvalue weighted by Gasteiger charge is 2.45. The molecule has 1 aromatic heterocycles. The Kier molecular flexibility index (Phi) is 7.25. The summed E-state index contributed by atoms with van der Waals surface area (Å²) in [6.07, 6.45) is 2.09. The molecule has 10 heteroatoms. The van der Waals surface area contributed by atoms with Gasteiger partial charge in [0.2, 0.25) is 5.91 Å². The number of pyridine rings is 1. The van der Waals surface area contributed by atoms with Crippen LogP contribution in [0.15, 0.2) is 30.5 Å². The highest BCUT2D eigenvalue weighted by molar-refractivity contribution is 7.99. The number of aromatic nitrogens is 1. The summed E-state index contributed by atoms with van der Waals surface area (Å²) in [5.41, 5.74) is 1.46. The van der Waals surface area contributed by atoms with E-state index >= 15 is 0 Å². The molecule has 1 aromatic carbocycles. The molecule has 4 heterocycles. The van der Waals surface area contributed by atoms with Crippen molar-refractivity contribution in [3.05, 3.63) is 35.5 Å². The van der Waals surface area contributed by atoms with E-state index in [-0.39, 0.29) is 11.9 Å². The summed E-state index contributed by atoms with van der Waals surface area (Å²) < 4.78 is 5.69. The molecule has 0 aliphatic carbocycles. The number of anilines is 1. The number of ether oxygens (including phenoxy) is 1. The van der Waals surface area contributed by atoms with E-state index in [1.807, 2.05) is 50.1 Å². The van der Waals surface area contributed by atoms with Crippen molar-refractivity contribution in [2.45, 2.75) is 44.9 Å². The Morgan fingerprint density at radius 1 is 1.11 bits per heavy atom. The average molecular weight is 532 g/mol. The number of piperazine rings is 1. The minimum Gasteiger partial charge on any atom is -0.444 e. The van der Waals surface area contributed by atoms with E-state index in [0.717, 1.165) is 55.1 Å². The lowest BCUT2D eigenvalue weighted by atomic mass is 10.1. The lowest BCUT2D eigenvalue weighted by Gasteiger charge is -2.39. The number of fused-ring (bicyclic) bond motifs is 1. The Morgan fingerprint density at radius 2 is 1.89 bits per heavy atom. The summed E-state index contributed by atoms with van der Waals surface area (Å²) in [6, 6.07) is 7.58. The molecule has 0 N–H and O–H groups in total. The van der Waals surface area contributed by atoms with Crippen LogP contribution >= 0.6 is 23.4 Å². The predicted molar refractivity (Wildman–Crippen MR) is 145 cm³/mol. The van der Waals surface area contributed by atoms with E-state index in [9.17, 15) is 9.59 Å². The average Bonchev–Trinajstić information content (AvgIpc) is 3.53. The van der Waals surface area contributed by atoms with Crippen LogP contribution in [0.2, 0.25) is 5.02 Å². The number of likely N-dealkylation sites (tertiary alicyclic amines) is 1. The molecular weight excluding hydrogens is 498 g/mol. The van der Waals surface area contributed by atoms with Gasteiger partial charge in [0.1, 0.15) is 11.6 Å². The lowest BCUT2D eigenvalue weighted by molar-refractivity contribution is -0.134. The molecular formula is C26H34ClN5O3S. The first-order valence-corrected chi connectivity index (χ1v) is 14.1. The van der Waals surface area contributed by atoms with Gasteiger partial charge >= 0.3 is 6.09 Å². The van der Waals surface area contributed by atoms with Crippen LogP contribution in [0, 0.1) is 0 Å². The number of hydrogen-bond acceptors (Lipinski definition) is 7. The second kappa shape index (κ2) is 10.3. The van der Waals surface area contributed by atoms with E-state index in [1.165, 1.54) is 0 Å². The summed E-state index contributed by atoms with van der Waals surface area (Å²) in [5.74, 6) is 1.70. The van der Waals surface area contributed by atoms with Crippen LogP contribution in [0.4, 0.5) is 10.5 Å². The van der Waals surface area contributed by atoms with Crippen LogP contribution in [0.5, 0.6) is 0 Å². The van der Waals surface area contributed by atoms with Gasteiger partial charge in [0.15, 0.2) is 0 Å². The second-order valence-corrected chi connectivity index (χ2v) is 12.2. The van der Waals surface area contributed by atoms with Gasteiger partial charge in [-0.15, -0.1) is 11.8 Å². The van der Waals surface area contributed by atoms with Gasteiger partial charge in [-0.25, -0.2) is 4.79 Å². The van der Waals surface area contributed by atoms with E-state index in [2.05, 4.69) is 20.9 Å². The zero-order chi connectivity index (χ0) is 25.4. The molecule has 0 unspecified atom stereocenters. The first-order valence-electron chi connectivity index (χ1n) is 12.6. The lowest BCUT2D eigenvalue weighted by Crippen LogP contribution is -2.51. The monoisotopic (exact) mass is 531 g/mol. The Bertz CT molecular complexity index is 1130. The number of carbonyl (C=O) groups is 2. The minimum absolute atomic E-state index is 0.0499. The van der Waals surface area contributed by atoms with E-state index in [0.29, 0.717) is 23.9 Å². The molecule has 36 heavy (non-hydrogen) atoms. The summed E-state index contributed by atoms with van der Waals surface area (Å²) in [4.78, 5) is 39.3. The third-order valence-electron chi connectivity index (χ3n) is 7.11. The van der Waals surface area contributed by atoms with Crippen LogP contribution in [-0.4, -0.2) is 100 Å². The fraction of sp³-hybridized carbons (Fsp3) is 0.577. The zero-order valence-electron chi connectivity index (χ0n) is 21.2. The van der Waals surface area contributed by atoms with Crippen molar-refractivity contribution in [2.75, 3.05) is 55.8 Å². The molecule has 194 valence electrons. The molecule has 2 amide bonds. The first kappa shape index (κ1) is 25.4. The Labute approximate surface area is 221 Å². The van der Waals surface area contributed by atoms with Crippen molar-refractivity contribution in [2.24, 2.45) is 0 Å². The zero-order valence-corrected chi connectivity index (χ0v) is 22.7. The number of benzene rings is 1. The van der Waals surface area contributed by atoms with Crippen LogP contribution in [0.25, 0.3) is 10.9 Å². The number of halogens is 1. The maximum Gasteiger partial charge on any atom is 0.411 e. The van der Waals surface area contributed by atoms with Gasteiger partial charge in [-0.2, -0.15) is 0 Å². The maximum absolute atomic E-state index is 13.4. The van der Waals surface area contributed by atoms with Crippen LogP contribution in [0.1, 0.15) is 27.2 Å². The summed E-state index contributed by atoms with van der Waals surface area (Å²) in [5, 5.41) is 1.78. The highest BCUT2D eigenvalue weighted by Crippen LogP contribution is 2.31. The van der Waals surface area contributed by atoms with E-state index in [4.69, 9.17) is 16.3 Å². The SMILES string of the molecule is CC(C)(C)OC(=O)N1C[C@@H](N2CCN(c3ccnc4cc(Cl)ccc34)CC2)C[C@H]1C(=O)N1CCSC1. The molecule has 3 saturated heterocycles. The quantitative estimate of drug-likeness (QED) is 0.594. The van der Waals surface area contributed by atoms with Gasteiger partial charge in [-0.1, -0.05) is 11.6 Å². The fourth-order valence-electron chi connectivity index (χ4n) is 5.34. The number of rotatable bonds is 3. The number of thioether (sulfide) groups is 1. The predicted octanol–water partition coefficient (Wildman–Crippen LogP) is 3.92. The van der Waals surface area contributed by atoms with Crippen molar-refractivity contribution in [1.29, 1.82) is 0 Å². The molecule has 0 saturated carbocycles. The second-order valence-electron chi connectivity index (χ2n) is 10.7. The van der Waals surface area contributed by atoms with Gasteiger partial charge in [-0.05, 0) is 51.5 Å². The van der Waals surface area contributed by atoms with Gasteiger partial charge in [-0.3, -0.25) is 19.6 Å². The van der Waals surface area contributed by atoms with Gasteiger partial charge in [0, 0.05) is 73.4 Å². The Hall–Kier alpha value is -2.23. The third kappa shape index (κ3) is 5.38. The number of hydrogen-bond donors (Lipinski definition) is 0. The minimum atomic E-state index is -0.602. The first-order chi connectivity index (χ1) is 17.2. The van der Waals surface area contributed by atoms with Crippen LogP contribution < -0.4 is 4.90 Å². The molecule has 0 spiro atoms. The van der Waals surface area contributed by atoms with Crippen molar-refractivity contribution in [1.82, 2.24) is 19.7 Å². The molecule has 0 bridgehead atoms. The smallest absolute Gasteiger partial charge is 0.411 e. The van der Waals surface area contributed by atoms with Crippen LogP contribution in [0.3, 0.4) is 0 Å². The van der Waals surface area contributed by atoms with Crippen molar-refractivity contribution in [3.8, 4) is 0 Å². The Balaban J connectivity index is 1.28. The molecule has 2 atom stereocenters. The maximum atomic E-state index is 13.4. The molecule has 3 aliphatic rings. The van der Waals surface area contributed by atoms with Crippen molar-refractivity contribution < 1.29 is 14.3 Å². The largest absolute Gasteiger partial charge is 0.444 e. The standard InChI is InChI=1S/C26H34ClN5O3S/c1-26(2,3)35-25(34)32-16-19(15-23(32)24(33)31-12-13-36-17-31)29-8-10-30(11-9-29)22-6-7-28-21-14-18(27)4-5-20(21)22/h4-7,14,19,23H,8-13,15-17H2,1-3H3/t19-,23-/m0/s1. The normalized spacial score (nSPS) is 23.5. The van der Waals surface area contributed by atoms with Gasteiger partial charge in [0.05, 0.1) is 11.4 Å².